The van der Waals surface area contributed by atoms with E-state index < -0.39 is 12.6 Å². The van der Waals surface area contributed by atoms with Crippen LogP contribution in [0.5, 0.6) is 5.75 Å². The van der Waals surface area contributed by atoms with Crippen LogP contribution in [0.15, 0.2) is 91.0 Å². The lowest BCUT2D eigenvalue weighted by molar-refractivity contribution is -0.130. The quantitative estimate of drug-likeness (QED) is 0.318. The number of piperazine rings is 1. The van der Waals surface area contributed by atoms with Crippen LogP contribution in [0, 0.1) is 0 Å². The van der Waals surface area contributed by atoms with Crippen molar-refractivity contribution < 1.29 is 23.5 Å². The minimum Gasteiger partial charge on any atom is -0.491 e. The normalized spacial score (nSPS) is 13.1. The molecular formula is C32H31FN4O4. The average Bonchev–Trinajstić information content (AvgIpc) is 3.02. The Bertz CT molecular complexity index is 1530. The molecule has 0 unspecified atom stereocenters. The molecule has 1 saturated heterocycles. The number of anilines is 2. The molecule has 1 fully saturated rings. The lowest BCUT2D eigenvalue weighted by Crippen LogP contribution is -2.51. The second-order valence-corrected chi connectivity index (χ2v) is 9.68. The number of hydrogen-bond donors (Lipinski definition) is 2. The van der Waals surface area contributed by atoms with E-state index in [2.05, 4.69) is 15.5 Å². The van der Waals surface area contributed by atoms with E-state index >= 15 is 0 Å². The minimum atomic E-state index is -0.617. The van der Waals surface area contributed by atoms with Crippen LogP contribution in [0.4, 0.5) is 15.8 Å². The summed E-state index contributed by atoms with van der Waals surface area (Å²) >= 11 is 0. The Labute approximate surface area is 237 Å². The largest absolute Gasteiger partial charge is 0.491 e. The number of nitrogens with one attached hydrogen (secondary N) is 2. The molecule has 0 aromatic heterocycles. The smallest absolute Gasteiger partial charge is 0.255 e. The fourth-order valence-electron chi connectivity index (χ4n) is 4.76. The Balaban J connectivity index is 1.08. The summed E-state index contributed by atoms with van der Waals surface area (Å²) in [4.78, 5) is 41.9. The van der Waals surface area contributed by atoms with Crippen LogP contribution in [-0.2, 0) is 4.79 Å². The Morgan fingerprint density at radius 3 is 2.24 bits per heavy atom. The van der Waals surface area contributed by atoms with Crippen molar-refractivity contribution in [3.05, 3.63) is 102 Å². The number of benzene rings is 4. The molecule has 0 bridgehead atoms. The van der Waals surface area contributed by atoms with Gasteiger partial charge < -0.3 is 25.2 Å². The van der Waals surface area contributed by atoms with Gasteiger partial charge in [0.1, 0.15) is 19.0 Å². The molecule has 1 aliphatic heterocycles. The van der Waals surface area contributed by atoms with Crippen molar-refractivity contribution in [1.29, 1.82) is 0 Å². The third-order valence-electron chi connectivity index (χ3n) is 6.98. The average molecular weight is 554 g/mol. The summed E-state index contributed by atoms with van der Waals surface area (Å²) in [7, 11) is 0. The highest BCUT2D eigenvalue weighted by molar-refractivity contribution is 6.06. The first kappa shape index (κ1) is 27.6. The first-order valence-corrected chi connectivity index (χ1v) is 13.5. The van der Waals surface area contributed by atoms with E-state index in [9.17, 15) is 18.8 Å². The van der Waals surface area contributed by atoms with E-state index in [0.29, 0.717) is 48.7 Å². The summed E-state index contributed by atoms with van der Waals surface area (Å²) in [6, 6.07) is 27.7. The third-order valence-corrected chi connectivity index (χ3v) is 6.98. The van der Waals surface area contributed by atoms with Gasteiger partial charge in [0.05, 0.1) is 6.54 Å². The zero-order chi connectivity index (χ0) is 28.6. The highest BCUT2D eigenvalue weighted by Crippen LogP contribution is 2.21. The minimum absolute atomic E-state index is 0.0810. The topological polar surface area (TPSA) is 91.0 Å². The summed E-state index contributed by atoms with van der Waals surface area (Å²) in [5.74, 6) is -0.316. The van der Waals surface area contributed by atoms with Gasteiger partial charge >= 0.3 is 0 Å². The molecule has 0 radical (unpaired) electrons. The number of halogens is 1. The molecule has 0 saturated carbocycles. The van der Waals surface area contributed by atoms with Gasteiger partial charge in [-0.05, 0) is 65.4 Å². The lowest BCUT2D eigenvalue weighted by Gasteiger charge is -2.36. The van der Waals surface area contributed by atoms with Crippen molar-refractivity contribution in [3.63, 3.8) is 0 Å². The van der Waals surface area contributed by atoms with Crippen molar-refractivity contribution in [2.45, 2.75) is 0 Å². The van der Waals surface area contributed by atoms with Crippen molar-refractivity contribution in [1.82, 2.24) is 10.2 Å². The van der Waals surface area contributed by atoms with Crippen molar-refractivity contribution in [2.75, 3.05) is 56.2 Å². The number of ether oxygens (including phenoxy) is 1. The van der Waals surface area contributed by atoms with Gasteiger partial charge in [0.15, 0.2) is 0 Å². The van der Waals surface area contributed by atoms with E-state index in [0.717, 1.165) is 16.5 Å². The molecule has 210 valence electrons. The van der Waals surface area contributed by atoms with Crippen molar-refractivity contribution >= 4 is 39.9 Å². The molecule has 0 spiro atoms. The SMILES string of the molecule is O=C(NCC(=O)N1CCN(c2ccc(NC(=O)c3ccc4ccccc4c3)cc2)CC1)c1cccc(OCC[18F])c1. The molecule has 3 amide bonds. The standard InChI is InChI=1S/C32H31FN4O4/c33-14-19-41-29-7-3-6-25(21-29)31(39)34-22-30(38)37-17-15-36(16-18-37)28-12-10-27(11-13-28)35-32(40)26-9-8-23-4-1-2-5-24(23)20-26/h1-13,20-21H,14-19,22H2,(H,34,39)(H,35,40)/i33-1. The third kappa shape index (κ3) is 7.00. The van der Waals surface area contributed by atoms with Crippen LogP contribution in [-0.4, -0.2) is 68.6 Å². The number of amides is 3. The van der Waals surface area contributed by atoms with E-state index in [1.165, 1.54) is 6.07 Å². The first-order chi connectivity index (χ1) is 20.0. The molecule has 0 atom stereocenters. The molecule has 41 heavy (non-hydrogen) atoms. The Morgan fingerprint density at radius 2 is 1.49 bits per heavy atom. The molecule has 5 rings (SSSR count). The van der Waals surface area contributed by atoms with Crippen LogP contribution >= 0.6 is 0 Å². The zero-order valence-corrected chi connectivity index (χ0v) is 22.5. The zero-order valence-electron chi connectivity index (χ0n) is 22.5. The van der Waals surface area contributed by atoms with E-state index in [4.69, 9.17) is 4.74 Å². The molecule has 0 aliphatic carbocycles. The molecule has 4 aromatic rings. The van der Waals surface area contributed by atoms with Gasteiger partial charge in [-0.3, -0.25) is 14.4 Å². The maximum absolute atomic E-state index is 12.8. The van der Waals surface area contributed by atoms with Crippen LogP contribution in [0.2, 0.25) is 0 Å². The summed E-state index contributed by atoms with van der Waals surface area (Å²) in [6.07, 6.45) is 0. The molecule has 1 heterocycles. The number of nitrogens with zero attached hydrogens (tertiary/aromatic N) is 2. The fourth-order valence-corrected chi connectivity index (χ4v) is 4.76. The second-order valence-electron chi connectivity index (χ2n) is 9.68. The fraction of sp³-hybridized carbons (Fsp3) is 0.219. The van der Waals surface area contributed by atoms with Gasteiger partial charge in [-0.1, -0.05) is 36.4 Å². The first-order valence-electron chi connectivity index (χ1n) is 13.5. The number of alkyl halides is 1. The Hall–Kier alpha value is -4.92. The summed E-state index contributed by atoms with van der Waals surface area (Å²) in [5.41, 5.74) is 2.65. The van der Waals surface area contributed by atoms with Crippen molar-refractivity contribution in [2.24, 2.45) is 0 Å². The number of rotatable bonds is 9. The Kier molecular flexibility index (Phi) is 8.73. The summed E-state index contributed by atoms with van der Waals surface area (Å²) < 4.78 is 17.5. The van der Waals surface area contributed by atoms with Gasteiger partial charge in [-0.15, -0.1) is 0 Å². The van der Waals surface area contributed by atoms with Gasteiger partial charge in [-0.25, -0.2) is 4.39 Å². The molecule has 2 N–H and O–H groups in total. The number of carbonyl (C=O) groups excluding carboxylic acids is 3. The summed E-state index contributed by atoms with van der Waals surface area (Å²) in [5, 5.41) is 7.71. The molecular weight excluding hydrogens is 522 g/mol. The highest BCUT2D eigenvalue weighted by atomic mass is 18.2. The van der Waals surface area contributed by atoms with E-state index in [1.54, 1.807) is 23.1 Å². The number of fused-ring (bicyclic) bond motifs is 1. The van der Waals surface area contributed by atoms with Gasteiger partial charge in [0, 0.05) is 48.7 Å². The van der Waals surface area contributed by atoms with Crippen LogP contribution in [0.3, 0.4) is 0 Å². The Morgan fingerprint density at radius 1 is 0.756 bits per heavy atom. The van der Waals surface area contributed by atoms with E-state index in [1.807, 2.05) is 66.7 Å². The summed E-state index contributed by atoms with van der Waals surface area (Å²) in [6.45, 7) is 1.55. The number of hydrogen-bond acceptors (Lipinski definition) is 5. The van der Waals surface area contributed by atoms with Crippen LogP contribution in [0.1, 0.15) is 20.7 Å². The molecule has 8 nitrogen and oxygen atoms in total. The van der Waals surface area contributed by atoms with Crippen LogP contribution < -0.4 is 20.3 Å². The lowest BCUT2D eigenvalue weighted by atomic mass is 10.1. The van der Waals surface area contributed by atoms with Gasteiger partial charge in [0.2, 0.25) is 5.91 Å². The molecule has 4 aromatic carbocycles. The predicted octanol–water partition coefficient (Wildman–Crippen LogP) is 4.52. The van der Waals surface area contributed by atoms with Crippen molar-refractivity contribution in [3.8, 4) is 5.75 Å². The molecule has 9 heteroatoms. The molecule has 1 aliphatic rings. The maximum atomic E-state index is 12.8. The predicted molar refractivity (Wildman–Crippen MR) is 157 cm³/mol. The van der Waals surface area contributed by atoms with Gasteiger partial charge in [-0.2, -0.15) is 0 Å². The van der Waals surface area contributed by atoms with Gasteiger partial charge in [0.25, 0.3) is 11.8 Å². The number of carbonyl (C=O) groups is 3. The van der Waals surface area contributed by atoms with Crippen LogP contribution in [0.25, 0.3) is 10.8 Å². The van der Waals surface area contributed by atoms with E-state index in [-0.39, 0.29) is 25.0 Å². The second kappa shape index (κ2) is 13.0. The highest BCUT2D eigenvalue weighted by Gasteiger charge is 2.22. The monoisotopic (exact) mass is 553 g/mol. The maximum Gasteiger partial charge on any atom is 0.255 e.